The molecule has 4 heteroatoms. The van der Waals surface area contributed by atoms with Gasteiger partial charge in [-0.15, -0.1) is 11.3 Å². The molecule has 0 fully saturated rings. The molecule has 72 valence electrons. The molecule has 0 unspecified atom stereocenters. The van der Waals surface area contributed by atoms with Crippen LogP contribution >= 0.6 is 27.3 Å². The van der Waals surface area contributed by atoms with Crippen LogP contribution in [0.2, 0.25) is 0 Å². The van der Waals surface area contributed by atoms with Gasteiger partial charge in [-0.2, -0.15) is 0 Å². The van der Waals surface area contributed by atoms with Crippen molar-refractivity contribution in [2.45, 2.75) is 12.8 Å². The van der Waals surface area contributed by atoms with Crippen LogP contribution in [0, 0.1) is 0 Å². The first-order valence-corrected chi connectivity index (χ1v) is 5.63. The van der Waals surface area contributed by atoms with E-state index in [4.69, 9.17) is 4.74 Å². The van der Waals surface area contributed by atoms with Crippen LogP contribution in [0.25, 0.3) is 0 Å². The van der Waals surface area contributed by atoms with Crippen LogP contribution in [0.1, 0.15) is 11.3 Å². The molecule has 0 spiro atoms. The molecule has 0 bridgehead atoms. The number of carbonyl (C=O) groups is 1. The third kappa shape index (κ3) is 4.02. The fraction of sp³-hybridized carbons (Fsp3) is 0.444. The Bertz CT molecular complexity index is 283. The predicted molar refractivity (Wildman–Crippen MR) is 57.2 cm³/mol. The lowest BCUT2D eigenvalue weighted by Gasteiger charge is -1.96. The zero-order chi connectivity index (χ0) is 9.68. The van der Waals surface area contributed by atoms with E-state index in [0.717, 1.165) is 9.35 Å². The molecule has 1 aromatic heterocycles. The smallest absolute Gasteiger partial charge is 0.140 e. The first-order valence-electron chi connectivity index (χ1n) is 3.96. The van der Waals surface area contributed by atoms with Crippen LogP contribution < -0.4 is 0 Å². The number of ether oxygens (including phenoxy) is 1. The van der Waals surface area contributed by atoms with Crippen LogP contribution in [0.4, 0.5) is 0 Å². The Kier molecular flexibility index (Phi) is 4.62. The summed E-state index contributed by atoms with van der Waals surface area (Å²) in [5, 5.41) is 1.99. The SMILES string of the molecule is COCCC(=O)Cc1cc(Br)cs1. The van der Waals surface area contributed by atoms with Gasteiger partial charge in [0.2, 0.25) is 0 Å². The first kappa shape index (κ1) is 10.9. The molecule has 0 radical (unpaired) electrons. The monoisotopic (exact) mass is 262 g/mol. The van der Waals surface area contributed by atoms with Crippen molar-refractivity contribution in [3.05, 3.63) is 20.8 Å². The van der Waals surface area contributed by atoms with Gasteiger partial charge in [-0.25, -0.2) is 0 Å². The minimum absolute atomic E-state index is 0.233. The third-order valence-electron chi connectivity index (χ3n) is 1.58. The van der Waals surface area contributed by atoms with Crippen molar-refractivity contribution in [3.8, 4) is 0 Å². The number of carbonyl (C=O) groups excluding carboxylic acids is 1. The van der Waals surface area contributed by atoms with Crippen molar-refractivity contribution in [3.63, 3.8) is 0 Å². The topological polar surface area (TPSA) is 26.3 Å². The molecule has 0 N–H and O–H groups in total. The standard InChI is InChI=1S/C9H11BrO2S/c1-12-3-2-8(11)5-9-4-7(10)6-13-9/h4,6H,2-3,5H2,1H3. The van der Waals surface area contributed by atoms with E-state index >= 15 is 0 Å². The molecule has 1 rings (SSSR count). The molecule has 1 aromatic rings. The molecule has 2 nitrogen and oxygen atoms in total. The number of methoxy groups -OCH3 is 1. The van der Waals surface area contributed by atoms with Gasteiger partial charge in [-0.05, 0) is 22.0 Å². The highest BCUT2D eigenvalue weighted by molar-refractivity contribution is 9.10. The number of hydrogen-bond acceptors (Lipinski definition) is 3. The number of ketones is 1. The van der Waals surface area contributed by atoms with Crippen molar-refractivity contribution in [2.75, 3.05) is 13.7 Å². The van der Waals surface area contributed by atoms with Crippen LogP contribution in [0.15, 0.2) is 15.9 Å². The molecule has 0 aromatic carbocycles. The Hall–Kier alpha value is -0.190. The summed E-state index contributed by atoms with van der Waals surface area (Å²) in [6.45, 7) is 0.519. The first-order chi connectivity index (χ1) is 6.22. The highest BCUT2D eigenvalue weighted by atomic mass is 79.9. The lowest BCUT2D eigenvalue weighted by Crippen LogP contribution is -2.04. The number of Topliss-reactive ketones (excluding diaryl/α,β-unsaturated/α-hetero) is 1. The van der Waals surface area contributed by atoms with Crippen molar-refractivity contribution < 1.29 is 9.53 Å². The van der Waals surface area contributed by atoms with Crippen LogP contribution in [-0.2, 0) is 16.0 Å². The second kappa shape index (κ2) is 5.52. The largest absolute Gasteiger partial charge is 0.384 e. The quantitative estimate of drug-likeness (QED) is 0.816. The van der Waals surface area contributed by atoms with Crippen LogP contribution in [0.3, 0.4) is 0 Å². The van der Waals surface area contributed by atoms with Crippen molar-refractivity contribution in [2.24, 2.45) is 0 Å². The normalized spacial score (nSPS) is 10.3. The van der Waals surface area contributed by atoms with E-state index in [2.05, 4.69) is 15.9 Å². The van der Waals surface area contributed by atoms with E-state index in [0.29, 0.717) is 19.4 Å². The number of hydrogen-bond donors (Lipinski definition) is 0. The van der Waals surface area contributed by atoms with Crippen molar-refractivity contribution in [1.29, 1.82) is 0 Å². The summed E-state index contributed by atoms with van der Waals surface area (Å²) in [5.41, 5.74) is 0. The maximum Gasteiger partial charge on any atom is 0.140 e. The molecule has 1 heterocycles. The van der Waals surface area contributed by atoms with E-state index in [1.54, 1.807) is 18.4 Å². The summed E-state index contributed by atoms with van der Waals surface area (Å²) < 4.78 is 5.88. The second-order valence-electron chi connectivity index (χ2n) is 2.69. The molecule has 0 aliphatic carbocycles. The summed E-state index contributed by atoms with van der Waals surface area (Å²) >= 11 is 4.95. The summed E-state index contributed by atoms with van der Waals surface area (Å²) in [5.74, 6) is 0.233. The Morgan fingerprint density at radius 3 is 3.00 bits per heavy atom. The average Bonchev–Trinajstić information content (AvgIpc) is 2.48. The molecule has 0 saturated heterocycles. The number of rotatable bonds is 5. The molecule has 0 amide bonds. The van der Waals surface area contributed by atoms with Gasteiger partial charge in [0.1, 0.15) is 5.78 Å². The lowest BCUT2D eigenvalue weighted by atomic mass is 10.2. The lowest BCUT2D eigenvalue weighted by molar-refractivity contribution is -0.119. The van der Waals surface area contributed by atoms with E-state index in [1.807, 2.05) is 11.4 Å². The highest BCUT2D eigenvalue weighted by Crippen LogP contribution is 2.20. The minimum Gasteiger partial charge on any atom is -0.384 e. The molecule has 13 heavy (non-hydrogen) atoms. The molecule has 0 atom stereocenters. The summed E-state index contributed by atoms with van der Waals surface area (Å²) in [6.07, 6.45) is 1.03. The average molecular weight is 263 g/mol. The van der Waals surface area contributed by atoms with Gasteiger partial charge in [0.05, 0.1) is 6.61 Å². The van der Waals surface area contributed by atoms with E-state index in [-0.39, 0.29) is 5.78 Å². The fourth-order valence-electron chi connectivity index (χ4n) is 0.945. The Labute approximate surface area is 90.0 Å². The van der Waals surface area contributed by atoms with E-state index < -0.39 is 0 Å². The number of thiophene rings is 1. The van der Waals surface area contributed by atoms with Gasteiger partial charge in [0.25, 0.3) is 0 Å². The molecule has 0 saturated carbocycles. The summed E-state index contributed by atoms with van der Waals surface area (Å²) in [6, 6.07) is 1.98. The van der Waals surface area contributed by atoms with Crippen LogP contribution in [0.5, 0.6) is 0 Å². The maximum absolute atomic E-state index is 11.3. The van der Waals surface area contributed by atoms with E-state index in [1.165, 1.54) is 0 Å². The minimum atomic E-state index is 0.233. The van der Waals surface area contributed by atoms with Gasteiger partial charge in [-0.3, -0.25) is 4.79 Å². The Morgan fingerprint density at radius 1 is 1.69 bits per heavy atom. The summed E-state index contributed by atoms with van der Waals surface area (Å²) in [4.78, 5) is 12.4. The predicted octanol–water partition coefficient (Wildman–Crippen LogP) is 2.66. The Morgan fingerprint density at radius 2 is 2.46 bits per heavy atom. The Balaban J connectivity index is 2.36. The van der Waals surface area contributed by atoms with Crippen molar-refractivity contribution >= 4 is 33.0 Å². The van der Waals surface area contributed by atoms with Gasteiger partial charge < -0.3 is 4.74 Å². The van der Waals surface area contributed by atoms with Gasteiger partial charge in [0.15, 0.2) is 0 Å². The zero-order valence-electron chi connectivity index (χ0n) is 7.38. The second-order valence-corrected chi connectivity index (χ2v) is 4.60. The van der Waals surface area contributed by atoms with Crippen molar-refractivity contribution in [1.82, 2.24) is 0 Å². The molecular formula is C9H11BrO2S. The number of halogens is 1. The van der Waals surface area contributed by atoms with Gasteiger partial charge >= 0.3 is 0 Å². The molecule has 0 aliphatic heterocycles. The zero-order valence-corrected chi connectivity index (χ0v) is 9.78. The summed E-state index contributed by atoms with van der Waals surface area (Å²) in [7, 11) is 1.61. The van der Waals surface area contributed by atoms with E-state index in [9.17, 15) is 4.79 Å². The maximum atomic E-state index is 11.3. The van der Waals surface area contributed by atoms with Crippen LogP contribution in [-0.4, -0.2) is 19.5 Å². The highest BCUT2D eigenvalue weighted by Gasteiger charge is 2.05. The third-order valence-corrected chi connectivity index (χ3v) is 3.28. The fourth-order valence-corrected chi connectivity index (χ4v) is 2.42. The molecular weight excluding hydrogens is 252 g/mol. The van der Waals surface area contributed by atoms with Gasteiger partial charge in [-0.1, -0.05) is 0 Å². The molecule has 0 aliphatic rings. The van der Waals surface area contributed by atoms with Gasteiger partial charge in [0, 0.05) is 34.7 Å².